The summed E-state index contributed by atoms with van der Waals surface area (Å²) >= 11 is 0. The Kier molecular flexibility index (Phi) is 15.1. The molecule has 392 valence electrons. The van der Waals surface area contributed by atoms with Crippen molar-refractivity contribution in [3.8, 4) is 0 Å². The summed E-state index contributed by atoms with van der Waals surface area (Å²) in [6.45, 7) is 10.3. The van der Waals surface area contributed by atoms with Crippen LogP contribution in [0.25, 0.3) is 0 Å². The summed E-state index contributed by atoms with van der Waals surface area (Å²) in [7, 11) is 0. The molecule has 0 aromatic rings. The third-order valence-corrected chi connectivity index (χ3v) is 18.4. The van der Waals surface area contributed by atoms with E-state index >= 15 is 0 Å². The van der Waals surface area contributed by atoms with Crippen LogP contribution in [0.3, 0.4) is 0 Å². The van der Waals surface area contributed by atoms with E-state index in [-0.39, 0.29) is 61.1 Å². The number of esters is 2. The van der Waals surface area contributed by atoms with Crippen molar-refractivity contribution >= 4 is 11.9 Å². The van der Waals surface area contributed by atoms with Crippen LogP contribution in [0.4, 0.5) is 0 Å². The SMILES string of the molecule is CC(=O)O[C@H]1C[C@H](O[C@H]2[C@@H](O)C[C@H](O[C@H]3[C@@H](O)C[C@H](O[C@H]4CC[C@@]5(C)[C@H](CC[C@@H]6[C@@H]5C[C@@H](O)[C@]5(C)[C@@H](C7=CC(=O)OC7)CC[C@]65O)C4)O[C@@H]3C)O[C@@H]2C)O[C@H](C)[C@H]1O[C@@H]1O[C@H](CO)[C@@H](O)[C@H](O)[C@H]1O. The molecular weight excluding hydrogens is 909 g/mol. The normalized spacial score (nSPS) is 53.3. The number of fused-ring (bicyclic) bond motifs is 5. The zero-order valence-corrected chi connectivity index (χ0v) is 40.5. The monoisotopic (exact) mass is 984 g/mol. The third kappa shape index (κ3) is 9.48. The number of cyclic esters (lactones) is 1. The fourth-order valence-corrected chi connectivity index (χ4v) is 14.6. The van der Waals surface area contributed by atoms with Crippen LogP contribution in [0, 0.1) is 34.5 Å². The third-order valence-electron chi connectivity index (χ3n) is 18.4. The highest BCUT2D eigenvalue weighted by atomic mass is 16.8. The van der Waals surface area contributed by atoms with Crippen LogP contribution in [0.1, 0.15) is 112 Å². The molecule has 0 aromatic heterocycles. The van der Waals surface area contributed by atoms with Crippen LogP contribution in [0.15, 0.2) is 11.6 Å². The van der Waals surface area contributed by atoms with Crippen LogP contribution < -0.4 is 0 Å². The number of aliphatic hydroxyl groups is 8. The van der Waals surface area contributed by atoms with Gasteiger partial charge >= 0.3 is 11.9 Å². The van der Waals surface area contributed by atoms with Gasteiger partial charge in [0.15, 0.2) is 25.2 Å². The standard InChI is InChI=1S/C49H76O20/c1-21-43(67-38-17-32(53)44(22(2)62-38)68-39-18-33(64-24(4)51)45(23(3)63-39)69-46-42(58)41(57)40(56)34(19-50)66-46)31(52)16-37(61-21)65-27-9-11-47(5)26(14-27)7-8-29-30(47)15-35(54)48(6)28(10-12-49(29,48)59)25-13-36(55)60-20-25/h13,21-23,26-35,37-46,50,52-54,56-59H,7-12,14-20H2,1-6H3/t21-,22-,23-,26-,27+,28-,29-,30+,31+,32+,33+,34-,35-,37+,38+,39+,40-,41+,42-,43-,44-,45-,46+,47+,48+,49+/m1/s1. The second-order valence-corrected chi connectivity index (χ2v) is 22.2. The molecule has 9 rings (SSSR count). The van der Waals surface area contributed by atoms with Crippen LogP contribution in [-0.2, 0) is 57.0 Å². The number of carbonyl (C=O) groups is 2. The van der Waals surface area contributed by atoms with Crippen molar-refractivity contribution in [2.75, 3.05) is 13.2 Å². The van der Waals surface area contributed by atoms with E-state index in [9.17, 15) is 50.4 Å². The van der Waals surface area contributed by atoms with Crippen molar-refractivity contribution in [2.24, 2.45) is 34.5 Å². The Hall–Kier alpha value is -1.96. The molecule has 0 amide bonds. The second kappa shape index (κ2) is 20.0. The highest BCUT2D eigenvalue weighted by Gasteiger charge is 2.71. The minimum Gasteiger partial charge on any atom is -0.459 e. The number of ether oxygens (including phenoxy) is 10. The number of rotatable bonds is 11. The van der Waals surface area contributed by atoms with E-state index in [0.29, 0.717) is 25.2 Å². The van der Waals surface area contributed by atoms with E-state index in [1.54, 1.807) is 26.8 Å². The van der Waals surface area contributed by atoms with E-state index in [1.165, 1.54) is 6.92 Å². The summed E-state index contributed by atoms with van der Waals surface area (Å²) in [6.07, 6.45) is -11.1. The molecule has 26 atom stereocenters. The maximum atomic E-state index is 12.6. The number of carbonyl (C=O) groups excluding carboxylic acids is 2. The summed E-state index contributed by atoms with van der Waals surface area (Å²) in [5, 5.41) is 88.1. The lowest BCUT2D eigenvalue weighted by Gasteiger charge is -2.65. The van der Waals surface area contributed by atoms with E-state index in [0.717, 1.165) is 37.7 Å². The Morgan fingerprint density at radius 2 is 1.33 bits per heavy atom. The highest BCUT2D eigenvalue weighted by Crippen LogP contribution is 2.70. The lowest BCUT2D eigenvalue weighted by atomic mass is 9.42. The number of hydrogen-bond acceptors (Lipinski definition) is 20. The second-order valence-electron chi connectivity index (χ2n) is 22.2. The minimum atomic E-state index is -1.69. The highest BCUT2D eigenvalue weighted by molar-refractivity contribution is 5.85. The lowest BCUT2D eigenvalue weighted by molar-refractivity contribution is -0.355. The molecule has 69 heavy (non-hydrogen) atoms. The number of hydrogen-bond donors (Lipinski definition) is 8. The fraction of sp³-hybridized carbons (Fsp3) is 0.918. The molecule has 0 radical (unpaired) electrons. The largest absolute Gasteiger partial charge is 0.459 e. The van der Waals surface area contributed by atoms with Crippen LogP contribution in [0.2, 0.25) is 0 Å². The van der Waals surface area contributed by atoms with Crippen molar-refractivity contribution in [2.45, 2.75) is 234 Å². The molecule has 5 heterocycles. The zero-order chi connectivity index (χ0) is 49.5. The van der Waals surface area contributed by atoms with Gasteiger partial charge in [-0.15, -0.1) is 0 Å². The van der Waals surface area contributed by atoms with E-state index in [1.807, 2.05) is 6.92 Å². The molecule has 20 nitrogen and oxygen atoms in total. The average Bonchev–Trinajstić information content (AvgIpc) is 3.84. The molecule has 8 fully saturated rings. The molecule has 9 aliphatic rings. The molecule has 4 saturated heterocycles. The molecule has 4 saturated carbocycles. The summed E-state index contributed by atoms with van der Waals surface area (Å²) in [4.78, 5) is 24.2. The van der Waals surface area contributed by atoms with E-state index in [4.69, 9.17) is 47.4 Å². The first-order valence-electron chi connectivity index (χ1n) is 25.3. The van der Waals surface area contributed by atoms with Gasteiger partial charge in [-0.2, -0.15) is 0 Å². The molecule has 0 aromatic carbocycles. The first kappa shape index (κ1) is 51.9. The smallest absolute Gasteiger partial charge is 0.331 e. The molecule has 0 unspecified atom stereocenters. The molecule has 20 heteroatoms. The van der Waals surface area contributed by atoms with Gasteiger partial charge in [-0.05, 0) is 107 Å². The minimum absolute atomic E-state index is 0.00421. The first-order valence-corrected chi connectivity index (χ1v) is 25.3. The molecule has 5 aliphatic heterocycles. The maximum Gasteiger partial charge on any atom is 0.331 e. The van der Waals surface area contributed by atoms with Crippen molar-refractivity contribution in [3.05, 3.63) is 11.6 Å². The Labute approximate surface area is 402 Å². The topological polar surface area (TPSA) is 288 Å². The molecular formula is C49H76O20. The van der Waals surface area contributed by atoms with Gasteiger partial charge < -0.3 is 88.2 Å². The number of aliphatic hydroxyl groups excluding tert-OH is 7. The summed E-state index contributed by atoms with van der Waals surface area (Å²) in [5.74, 6) is -0.580. The lowest BCUT2D eigenvalue weighted by Crippen LogP contribution is -2.67. The first-order chi connectivity index (χ1) is 32.6. The van der Waals surface area contributed by atoms with Crippen molar-refractivity contribution < 1.29 is 97.8 Å². The van der Waals surface area contributed by atoms with Gasteiger partial charge in [-0.25, -0.2) is 4.79 Å². The van der Waals surface area contributed by atoms with E-state index in [2.05, 4.69) is 6.92 Å². The van der Waals surface area contributed by atoms with Crippen molar-refractivity contribution in [3.63, 3.8) is 0 Å². The Bertz CT molecular complexity index is 1850. The van der Waals surface area contributed by atoms with Gasteiger partial charge in [0, 0.05) is 37.7 Å². The average molecular weight is 985 g/mol. The quantitative estimate of drug-likeness (QED) is 0.104. The van der Waals surface area contributed by atoms with Gasteiger partial charge in [-0.1, -0.05) is 13.8 Å². The van der Waals surface area contributed by atoms with Crippen LogP contribution in [-0.4, -0.2) is 188 Å². The summed E-state index contributed by atoms with van der Waals surface area (Å²) in [6, 6.07) is 0. The maximum absolute atomic E-state index is 12.6. The predicted molar refractivity (Wildman–Crippen MR) is 235 cm³/mol. The molecule has 0 spiro atoms. The Balaban J connectivity index is 0.752. The van der Waals surface area contributed by atoms with Crippen molar-refractivity contribution in [1.82, 2.24) is 0 Å². The summed E-state index contributed by atoms with van der Waals surface area (Å²) in [5.41, 5.74) is -1.01. The van der Waals surface area contributed by atoms with Gasteiger partial charge in [0.05, 0.1) is 54.9 Å². The Morgan fingerprint density at radius 1 is 0.710 bits per heavy atom. The molecule has 8 N–H and O–H groups in total. The van der Waals surface area contributed by atoms with E-state index < -0.39 is 134 Å². The van der Waals surface area contributed by atoms with Gasteiger partial charge in [0.25, 0.3) is 0 Å². The van der Waals surface area contributed by atoms with Crippen LogP contribution >= 0.6 is 0 Å². The Morgan fingerprint density at radius 3 is 1.93 bits per heavy atom. The molecule has 0 bridgehead atoms. The molecule has 4 aliphatic carbocycles. The van der Waals surface area contributed by atoms with Gasteiger partial charge in [0.2, 0.25) is 0 Å². The van der Waals surface area contributed by atoms with Crippen LogP contribution in [0.5, 0.6) is 0 Å². The summed E-state index contributed by atoms with van der Waals surface area (Å²) < 4.78 is 60.1. The fourth-order valence-electron chi connectivity index (χ4n) is 14.6. The van der Waals surface area contributed by atoms with Gasteiger partial charge in [-0.3, -0.25) is 4.79 Å². The van der Waals surface area contributed by atoms with Gasteiger partial charge in [0.1, 0.15) is 55.4 Å². The predicted octanol–water partition coefficient (Wildman–Crippen LogP) is 0.613. The van der Waals surface area contributed by atoms with Crippen molar-refractivity contribution in [1.29, 1.82) is 0 Å². The zero-order valence-electron chi connectivity index (χ0n) is 40.5.